The van der Waals surface area contributed by atoms with E-state index in [4.69, 9.17) is 4.74 Å². The fourth-order valence-electron chi connectivity index (χ4n) is 2.37. The second-order valence-corrected chi connectivity index (χ2v) is 4.59. The molecule has 0 radical (unpaired) electrons. The summed E-state index contributed by atoms with van der Waals surface area (Å²) < 4.78 is 6.01. The summed E-state index contributed by atoms with van der Waals surface area (Å²) in [5, 5.41) is 11.8. The summed E-state index contributed by atoms with van der Waals surface area (Å²) in [6.45, 7) is 4.16. The van der Waals surface area contributed by atoms with Crippen LogP contribution in [-0.4, -0.2) is 29.4 Å². The lowest BCUT2D eigenvalue weighted by molar-refractivity contribution is 0.157. The lowest BCUT2D eigenvalue weighted by atomic mass is 10.1. The van der Waals surface area contributed by atoms with Crippen molar-refractivity contribution in [3.8, 4) is 5.88 Å². The number of fused-ring (bicyclic) bond motifs is 1. The van der Waals surface area contributed by atoms with Crippen LogP contribution in [0.4, 0.5) is 0 Å². The predicted octanol–water partition coefficient (Wildman–Crippen LogP) is 2.00. The summed E-state index contributed by atoms with van der Waals surface area (Å²) >= 11 is 0. The number of aromatic amines is 1. The van der Waals surface area contributed by atoms with Crippen LogP contribution in [0.15, 0.2) is 18.2 Å². The van der Waals surface area contributed by atoms with Gasteiger partial charge in [0, 0.05) is 0 Å². The number of aryl methyl sites for hydroxylation is 1. The summed E-state index contributed by atoms with van der Waals surface area (Å²) in [4.78, 5) is 0. The third-order valence-corrected chi connectivity index (χ3v) is 3.33. The van der Waals surface area contributed by atoms with Crippen LogP contribution < -0.4 is 10.1 Å². The zero-order chi connectivity index (χ0) is 11.7. The Morgan fingerprint density at radius 3 is 2.94 bits per heavy atom. The monoisotopic (exact) mass is 231 g/mol. The molecule has 1 saturated heterocycles. The second-order valence-electron chi connectivity index (χ2n) is 4.59. The summed E-state index contributed by atoms with van der Waals surface area (Å²) in [7, 11) is 0. The molecule has 4 heteroatoms. The Bertz CT molecular complexity index is 514. The van der Waals surface area contributed by atoms with Gasteiger partial charge in [-0.15, -0.1) is 5.10 Å². The number of nitrogens with one attached hydrogen (secondary N) is 2. The van der Waals surface area contributed by atoms with Crippen molar-refractivity contribution in [2.24, 2.45) is 0 Å². The van der Waals surface area contributed by atoms with Gasteiger partial charge < -0.3 is 10.1 Å². The number of H-pyrrole nitrogens is 1. The van der Waals surface area contributed by atoms with Crippen molar-refractivity contribution in [1.82, 2.24) is 15.5 Å². The molecule has 17 heavy (non-hydrogen) atoms. The average molecular weight is 231 g/mol. The standard InChI is InChI=1S/C13H17N3O/c1-9-3-2-4-11-12(9)13(16-15-11)17-10-5-7-14-8-6-10/h2-4,10,14H,5-8H2,1H3,(H,15,16). The van der Waals surface area contributed by atoms with Crippen molar-refractivity contribution >= 4 is 10.9 Å². The molecule has 0 spiro atoms. The van der Waals surface area contributed by atoms with E-state index in [2.05, 4.69) is 28.5 Å². The molecule has 2 aromatic rings. The molecule has 1 aromatic carbocycles. The highest BCUT2D eigenvalue weighted by Crippen LogP contribution is 2.27. The molecule has 4 nitrogen and oxygen atoms in total. The van der Waals surface area contributed by atoms with Crippen molar-refractivity contribution < 1.29 is 4.74 Å². The molecule has 2 N–H and O–H groups in total. The van der Waals surface area contributed by atoms with Crippen LogP contribution in [0.5, 0.6) is 5.88 Å². The molecule has 1 aromatic heterocycles. The van der Waals surface area contributed by atoms with Gasteiger partial charge in [0.2, 0.25) is 5.88 Å². The average Bonchev–Trinajstić information content (AvgIpc) is 2.75. The topological polar surface area (TPSA) is 49.9 Å². The Kier molecular flexibility index (Phi) is 2.73. The zero-order valence-corrected chi connectivity index (χ0v) is 9.99. The highest BCUT2D eigenvalue weighted by Gasteiger charge is 2.17. The van der Waals surface area contributed by atoms with Crippen LogP contribution in [0, 0.1) is 6.92 Å². The van der Waals surface area contributed by atoms with E-state index in [1.807, 2.05) is 12.1 Å². The molecule has 3 rings (SSSR count). The molecule has 2 heterocycles. The van der Waals surface area contributed by atoms with Crippen LogP contribution in [0.2, 0.25) is 0 Å². The molecule has 1 aliphatic rings. The SMILES string of the molecule is Cc1cccc2[nH]nc(OC3CCNCC3)c12. The minimum atomic E-state index is 0.294. The predicted molar refractivity (Wildman–Crippen MR) is 67.4 cm³/mol. The van der Waals surface area contributed by atoms with Gasteiger partial charge in [-0.2, -0.15) is 0 Å². The molecule has 0 bridgehead atoms. The van der Waals surface area contributed by atoms with E-state index in [-0.39, 0.29) is 0 Å². The fourth-order valence-corrected chi connectivity index (χ4v) is 2.37. The third-order valence-electron chi connectivity index (χ3n) is 3.33. The summed E-state index contributed by atoms with van der Waals surface area (Å²) in [5.41, 5.74) is 2.26. The Morgan fingerprint density at radius 1 is 1.29 bits per heavy atom. The lowest BCUT2D eigenvalue weighted by Crippen LogP contribution is -2.34. The number of nitrogens with zero attached hydrogens (tertiary/aromatic N) is 1. The Morgan fingerprint density at radius 2 is 2.12 bits per heavy atom. The first kappa shape index (κ1) is 10.6. The number of ether oxygens (including phenoxy) is 1. The Labute approximate surface area is 100 Å². The minimum Gasteiger partial charge on any atom is -0.473 e. The van der Waals surface area contributed by atoms with Crippen molar-refractivity contribution in [1.29, 1.82) is 0 Å². The number of benzene rings is 1. The van der Waals surface area contributed by atoms with Gasteiger partial charge in [-0.3, -0.25) is 5.10 Å². The van der Waals surface area contributed by atoms with Gasteiger partial charge in [-0.25, -0.2) is 0 Å². The van der Waals surface area contributed by atoms with Gasteiger partial charge in [0.25, 0.3) is 0 Å². The fraction of sp³-hybridized carbons (Fsp3) is 0.462. The van der Waals surface area contributed by atoms with Crippen molar-refractivity contribution in [3.05, 3.63) is 23.8 Å². The molecule has 1 fully saturated rings. The quantitative estimate of drug-likeness (QED) is 0.831. The number of aromatic nitrogens is 2. The molecule has 0 unspecified atom stereocenters. The van der Waals surface area contributed by atoms with E-state index in [0.29, 0.717) is 6.10 Å². The van der Waals surface area contributed by atoms with Gasteiger partial charge in [0.05, 0.1) is 10.9 Å². The first-order valence-corrected chi connectivity index (χ1v) is 6.15. The Hall–Kier alpha value is -1.55. The molecule has 0 atom stereocenters. The van der Waals surface area contributed by atoms with E-state index in [1.54, 1.807) is 0 Å². The van der Waals surface area contributed by atoms with Crippen LogP contribution in [0.3, 0.4) is 0 Å². The minimum absolute atomic E-state index is 0.294. The molecule has 1 aliphatic heterocycles. The number of rotatable bonds is 2. The summed E-state index contributed by atoms with van der Waals surface area (Å²) in [6, 6.07) is 6.15. The highest BCUT2D eigenvalue weighted by atomic mass is 16.5. The zero-order valence-electron chi connectivity index (χ0n) is 9.99. The van der Waals surface area contributed by atoms with Gasteiger partial charge >= 0.3 is 0 Å². The largest absolute Gasteiger partial charge is 0.473 e. The number of hydrogen-bond acceptors (Lipinski definition) is 3. The van der Waals surface area contributed by atoms with Gasteiger partial charge in [0.1, 0.15) is 6.10 Å². The maximum Gasteiger partial charge on any atom is 0.241 e. The number of piperidine rings is 1. The molecule has 0 saturated carbocycles. The molecular formula is C13H17N3O. The van der Waals surface area contributed by atoms with E-state index >= 15 is 0 Å². The van der Waals surface area contributed by atoms with Crippen LogP contribution in [0.1, 0.15) is 18.4 Å². The highest BCUT2D eigenvalue weighted by molar-refractivity contribution is 5.87. The van der Waals surface area contributed by atoms with Crippen LogP contribution >= 0.6 is 0 Å². The van der Waals surface area contributed by atoms with Gasteiger partial charge in [-0.1, -0.05) is 12.1 Å². The normalized spacial score (nSPS) is 17.5. The van der Waals surface area contributed by atoms with E-state index in [1.165, 1.54) is 5.56 Å². The first-order chi connectivity index (χ1) is 8.34. The summed E-state index contributed by atoms with van der Waals surface area (Å²) in [5.74, 6) is 0.755. The first-order valence-electron chi connectivity index (χ1n) is 6.15. The maximum atomic E-state index is 6.01. The molecule has 0 amide bonds. The van der Waals surface area contributed by atoms with E-state index < -0.39 is 0 Å². The number of hydrogen-bond donors (Lipinski definition) is 2. The van der Waals surface area contributed by atoms with Crippen LogP contribution in [0.25, 0.3) is 10.9 Å². The second kappa shape index (κ2) is 4.37. The molecule has 90 valence electrons. The third kappa shape index (κ3) is 2.00. The molecule has 0 aliphatic carbocycles. The lowest BCUT2D eigenvalue weighted by Gasteiger charge is -2.22. The molecular weight excluding hydrogens is 214 g/mol. The Balaban J connectivity index is 1.89. The van der Waals surface area contributed by atoms with Gasteiger partial charge in [0.15, 0.2) is 0 Å². The van der Waals surface area contributed by atoms with Crippen molar-refractivity contribution in [2.75, 3.05) is 13.1 Å². The van der Waals surface area contributed by atoms with E-state index in [9.17, 15) is 0 Å². The van der Waals surface area contributed by atoms with Crippen molar-refractivity contribution in [2.45, 2.75) is 25.9 Å². The van der Waals surface area contributed by atoms with E-state index in [0.717, 1.165) is 42.7 Å². The van der Waals surface area contributed by atoms with Gasteiger partial charge in [-0.05, 0) is 44.5 Å². The summed E-state index contributed by atoms with van der Waals surface area (Å²) in [6.07, 6.45) is 2.41. The maximum absolute atomic E-state index is 6.01. The smallest absolute Gasteiger partial charge is 0.241 e. The van der Waals surface area contributed by atoms with Crippen LogP contribution in [-0.2, 0) is 0 Å². The van der Waals surface area contributed by atoms with Crippen molar-refractivity contribution in [3.63, 3.8) is 0 Å².